The van der Waals surface area contributed by atoms with Crippen LogP contribution in [-0.4, -0.2) is 11.5 Å². The van der Waals surface area contributed by atoms with Gasteiger partial charge in [-0.05, 0) is 45.6 Å². The van der Waals surface area contributed by atoms with Crippen LogP contribution in [0.25, 0.3) is 0 Å². The van der Waals surface area contributed by atoms with Gasteiger partial charge in [0.2, 0.25) is 0 Å². The van der Waals surface area contributed by atoms with E-state index in [-0.39, 0.29) is 0 Å². The van der Waals surface area contributed by atoms with Crippen LogP contribution in [0.3, 0.4) is 0 Å². The third kappa shape index (κ3) is 3.05. The summed E-state index contributed by atoms with van der Waals surface area (Å²) in [7, 11) is 0. The van der Waals surface area contributed by atoms with Gasteiger partial charge in [0.05, 0.1) is 10.7 Å². The van der Waals surface area contributed by atoms with Crippen LogP contribution >= 0.6 is 11.3 Å². The summed E-state index contributed by atoms with van der Waals surface area (Å²) in [5.41, 5.74) is 1.23. The van der Waals surface area contributed by atoms with Gasteiger partial charge in [-0.1, -0.05) is 6.92 Å². The second-order valence-electron chi connectivity index (χ2n) is 4.88. The Morgan fingerprint density at radius 1 is 1.50 bits per heavy atom. The van der Waals surface area contributed by atoms with E-state index in [0.29, 0.717) is 6.04 Å². The monoisotopic (exact) mass is 238 g/mol. The highest BCUT2D eigenvalue weighted by Crippen LogP contribution is 2.35. The maximum atomic E-state index is 4.70. The number of hydrogen-bond donors (Lipinski definition) is 1. The number of nitrogens with zero attached hydrogens (tertiary/aromatic N) is 1. The average molecular weight is 238 g/mol. The number of thiazole rings is 1. The molecule has 1 heterocycles. The Hall–Kier alpha value is -0.410. The molecule has 16 heavy (non-hydrogen) atoms. The van der Waals surface area contributed by atoms with Crippen LogP contribution in [0.4, 0.5) is 0 Å². The quantitative estimate of drug-likeness (QED) is 0.821. The normalized spacial score (nSPS) is 17.7. The highest BCUT2D eigenvalue weighted by atomic mass is 32.1. The smallest absolute Gasteiger partial charge is 0.0934 e. The summed E-state index contributed by atoms with van der Waals surface area (Å²) in [6, 6.07) is 0.463. The molecule has 0 amide bonds. The molecule has 2 nitrogen and oxygen atoms in total. The van der Waals surface area contributed by atoms with E-state index >= 15 is 0 Å². The molecule has 0 bridgehead atoms. The minimum atomic E-state index is 0.463. The predicted molar refractivity (Wildman–Crippen MR) is 70.0 cm³/mol. The van der Waals surface area contributed by atoms with Gasteiger partial charge in [0.1, 0.15) is 0 Å². The Labute approximate surface area is 102 Å². The number of aryl methyl sites for hydroxylation is 1. The van der Waals surface area contributed by atoms with Crippen LogP contribution in [0.1, 0.15) is 54.7 Å². The molecule has 0 aliphatic heterocycles. The van der Waals surface area contributed by atoms with E-state index in [9.17, 15) is 0 Å². The third-order valence-corrected chi connectivity index (χ3v) is 4.49. The molecule has 0 aromatic carbocycles. The Kier molecular flexibility index (Phi) is 3.98. The minimum Gasteiger partial charge on any atom is -0.309 e. The zero-order chi connectivity index (χ0) is 11.5. The topological polar surface area (TPSA) is 24.9 Å². The van der Waals surface area contributed by atoms with E-state index in [1.165, 1.54) is 41.3 Å². The van der Waals surface area contributed by atoms with E-state index in [1.54, 1.807) is 0 Å². The minimum absolute atomic E-state index is 0.463. The standard InChI is InChI=1S/C13H22N2S/c1-4-7-14-9(2)13-10(3)15-12(16-13)8-11-5-6-11/h9,11,14H,4-8H2,1-3H3. The second-order valence-corrected chi connectivity index (χ2v) is 6.00. The molecule has 3 heteroatoms. The van der Waals surface area contributed by atoms with Crippen LogP contribution in [0.15, 0.2) is 0 Å². The molecule has 0 spiro atoms. The molecule has 0 saturated heterocycles. The fourth-order valence-corrected chi connectivity index (χ4v) is 3.19. The molecular weight excluding hydrogens is 216 g/mol. The lowest BCUT2D eigenvalue weighted by Crippen LogP contribution is -2.18. The first kappa shape index (κ1) is 12.1. The summed E-state index contributed by atoms with van der Waals surface area (Å²) in [4.78, 5) is 6.13. The van der Waals surface area contributed by atoms with Crippen molar-refractivity contribution in [2.45, 2.75) is 52.5 Å². The van der Waals surface area contributed by atoms with Gasteiger partial charge in [-0.15, -0.1) is 11.3 Å². The van der Waals surface area contributed by atoms with Crippen LogP contribution < -0.4 is 5.32 Å². The average Bonchev–Trinajstić information content (AvgIpc) is 2.98. The summed E-state index contributed by atoms with van der Waals surface area (Å²) in [5, 5.41) is 4.89. The largest absolute Gasteiger partial charge is 0.309 e. The molecule has 1 aliphatic rings. The molecule has 1 aliphatic carbocycles. The molecule has 1 aromatic rings. The lowest BCUT2D eigenvalue weighted by Gasteiger charge is -2.11. The molecule has 1 aromatic heterocycles. The molecule has 90 valence electrons. The third-order valence-electron chi connectivity index (χ3n) is 3.13. The fourth-order valence-electron chi connectivity index (χ4n) is 1.98. The number of hydrogen-bond acceptors (Lipinski definition) is 3. The SMILES string of the molecule is CCCNC(C)c1sc(CC2CC2)nc1C. The first-order valence-electron chi connectivity index (χ1n) is 6.40. The van der Waals surface area contributed by atoms with E-state index in [4.69, 9.17) is 4.98 Å². The maximum Gasteiger partial charge on any atom is 0.0934 e. The van der Waals surface area contributed by atoms with Crippen molar-refractivity contribution < 1.29 is 0 Å². The highest BCUT2D eigenvalue weighted by Gasteiger charge is 2.24. The highest BCUT2D eigenvalue weighted by molar-refractivity contribution is 7.11. The van der Waals surface area contributed by atoms with Crippen LogP contribution in [-0.2, 0) is 6.42 Å². The second kappa shape index (κ2) is 5.28. The van der Waals surface area contributed by atoms with Crippen LogP contribution in [0.2, 0.25) is 0 Å². The lowest BCUT2D eigenvalue weighted by atomic mass is 10.2. The fraction of sp³-hybridized carbons (Fsp3) is 0.769. The Balaban J connectivity index is 1.98. The molecule has 1 unspecified atom stereocenters. The summed E-state index contributed by atoms with van der Waals surface area (Å²) >= 11 is 1.91. The zero-order valence-corrected chi connectivity index (χ0v) is 11.4. The van der Waals surface area contributed by atoms with Crippen molar-refractivity contribution in [2.75, 3.05) is 6.54 Å². The molecule has 1 atom stereocenters. The molecule has 1 saturated carbocycles. The Bertz CT molecular complexity index is 342. The van der Waals surface area contributed by atoms with Gasteiger partial charge in [-0.25, -0.2) is 4.98 Å². The van der Waals surface area contributed by atoms with E-state index in [1.807, 2.05) is 11.3 Å². The van der Waals surface area contributed by atoms with Gasteiger partial charge in [-0.2, -0.15) is 0 Å². The summed E-state index contributed by atoms with van der Waals surface area (Å²) in [5.74, 6) is 0.942. The summed E-state index contributed by atoms with van der Waals surface area (Å²) < 4.78 is 0. The van der Waals surface area contributed by atoms with Crippen molar-refractivity contribution >= 4 is 11.3 Å². The van der Waals surface area contributed by atoms with Crippen molar-refractivity contribution in [1.29, 1.82) is 0 Å². The van der Waals surface area contributed by atoms with Gasteiger partial charge < -0.3 is 5.32 Å². The first-order chi connectivity index (χ1) is 7.70. The van der Waals surface area contributed by atoms with Crippen LogP contribution in [0.5, 0.6) is 0 Å². The maximum absolute atomic E-state index is 4.70. The lowest BCUT2D eigenvalue weighted by molar-refractivity contribution is 0.575. The van der Waals surface area contributed by atoms with Gasteiger partial charge in [-0.3, -0.25) is 0 Å². The first-order valence-corrected chi connectivity index (χ1v) is 7.22. The van der Waals surface area contributed by atoms with E-state index < -0.39 is 0 Å². The molecule has 2 rings (SSSR count). The molecule has 1 fully saturated rings. The summed E-state index contributed by atoms with van der Waals surface area (Å²) in [6.45, 7) is 7.69. The van der Waals surface area contributed by atoms with Gasteiger partial charge in [0, 0.05) is 17.3 Å². The van der Waals surface area contributed by atoms with Crippen LogP contribution in [0, 0.1) is 12.8 Å². The van der Waals surface area contributed by atoms with Gasteiger partial charge >= 0.3 is 0 Å². The van der Waals surface area contributed by atoms with Gasteiger partial charge in [0.15, 0.2) is 0 Å². The van der Waals surface area contributed by atoms with Crippen molar-refractivity contribution in [2.24, 2.45) is 5.92 Å². The number of rotatable bonds is 6. The zero-order valence-electron chi connectivity index (χ0n) is 10.5. The predicted octanol–water partition coefficient (Wildman–Crippen LogP) is 3.46. The molecular formula is C13H22N2S. The number of aromatic nitrogens is 1. The van der Waals surface area contributed by atoms with Crippen molar-refractivity contribution in [3.8, 4) is 0 Å². The number of nitrogens with one attached hydrogen (secondary N) is 1. The van der Waals surface area contributed by atoms with E-state index in [2.05, 4.69) is 26.1 Å². The molecule has 1 N–H and O–H groups in total. The van der Waals surface area contributed by atoms with Gasteiger partial charge in [0.25, 0.3) is 0 Å². The Morgan fingerprint density at radius 3 is 2.88 bits per heavy atom. The van der Waals surface area contributed by atoms with E-state index in [0.717, 1.165) is 12.5 Å². The van der Waals surface area contributed by atoms with Crippen molar-refractivity contribution in [3.63, 3.8) is 0 Å². The Morgan fingerprint density at radius 2 is 2.25 bits per heavy atom. The molecule has 0 radical (unpaired) electrons. The summed E-state index contributed by atoms with van der Waals surface area (Å²) in [6.07, 6.45) is 5.23. The van der Waals surface area contributed by atoms with Crippen molar-refractivity contribution in [3.05, 3.63) is 15.6 Å². The van der Waals surface area contributed by atoms with Crippen molar-refractivity contribution in [1.82, 2.24) is 10.3 Å².